The average Bonchev–Trinajstić information content (AvgIpc) is 3.14. The molecule has 1 aliphatic rings. The molecule has 4 aromatic rings. The van der Waals surface area contributed by atoms with Gasteiger partial charge in [-0.1, -0.05) is 18.6 Å². The van der Waals surface area contributed by atoms with E-state index in [0.717, 1.165) is 33.4 Å². The van der Waals surface area contributed by atoms with E-state index >= 15 is 0 Å². The van der Waals surface area contributed by atoms with Crippen molar-refractivity contribution >= 4 is 39.8 Å². The summed E-state index contributed by atoms with van der Waals surface area (Å²) in [6.45, 7) is 0. The fourth-order valence-electron chi connectivity index (χ4n) is 3.57. The Kier molecular flexibility index (Phi) is 4.61. The molecule has 0 bridgehead atoms. The zero-order valence-electron chi connectivity index (χ0n) is 14.9. The van der Waals surface area contributed by atoms with Crippen LogP contribution in [0.3, 0.4) is 0 Å². The molecule has 138 valence electrons. The van der Waals surface area contributed by atoms with E-state index in [4.69, 9.17) is 10.7 Å². The third-order valence-corrected chi connectivity index (χ3v) is 5.84. The van der Waals surface area contributed by atoms with E-state index in [9.17, 15) is 0 Å². The molecule has 2 N–H and O–H groups in total. The van der Waals surface area contributed by atoms with Crippen LogP contribution in [0.15, 0.2) is 42.6 Å². The molecule has 0 radical (unpaired) electrons. The van der Waals surface area contributed by atoms with E-state index in [2.05, 4.69) is 33.7 Å². The van der Waals surface area contributed by atoms with Crippen LogP contribution < -0.4 is 5.73 Å². The molecular weight excluding hydrogens is 378 g/mol. The van der Waals surface area contributed by atoms with Crippen LogP contribution >= 0.6 is 23.9 Å². The van der Waals surface area contributed by atoms with Crippen molar-refractivity contribution in [3.05, 3.63) is 48.3 Å². The fourth-order valence-corrected chi connectivity index (χ4v) is 4.24. The first-order valence-corrected chi connectivity index (χ1v) is 9.62. The second-order valence-corrected chi connectivity index (χ2v) is 7.73. The largest absolute Gasteiger partial charge is 0.389 e. The highest BCUT2D eigenvalue weighted by Gasteiger charge is 2.23. The molecule has 5 nitrogen and oxygen atoms in total. The average molecular weight is 398 g/mol. The summed E-state index contributed by atoms with van der Waals surface area (Å²) >= 11 is 1.33. The van der Waals surface area contributed by atoms with Gasteiger partial charge in [-0.15, -0.1) is 12.4 Å². The second kappa shape index (κ2) is 6.94. The summed E-state index contributed by atoms with van der Waals surface area (Å²) in [6, 6.07) is 12.5. The number of aryl methyl sites for hydroxylation is 1. The molecule has 0 amide bonds. The van der Waals surface area contributed by atoms with Crippen LogP contribution in [0, 0.1) is 0 Å². The molecule has 0 atom stereocenters. The zero-order chi connectivity index (χ0) is 17.7. The first-order chi connectivity index (χ1) is 12.7. The highest BCUT2D eigenvalue weighted by atomic mass is 35.5. The topological polar surface area (TPSA) is 69.6 Å². The van der Waals surface area contributed by atoms with Crippen LogP contribution in [-0.2, 0) is 7.05 Å². The van der Waals surface area contributed by atoms with Crippen molar-refractivity contribution in [1.29, 1.82) is 0 Å². The van der Waals surface area contributed by atoms with Crippen molar-refractivity contribution in [2.45, 2.75) is 25.2 Å². The Morgan fingerprint density at radius 3 is 2.81 bits per heavy atom. The number of rotatable bonds is 3. The maximum absolute atomic E-state index is 6.30. The number of anilines is 1. The summed E-state index contributed by atoms with van der Waals surface area (Å²) in [5, 5.41) is 6.25. The van der Waals surface area contributed by atoms with Crippen molar-refractivity contribution in [2.24, 2.45) is 7.05 Å². The number of nitrogens with zero attached hydrogens (tertiary/aromatic N) is 4. The van der Waals surface area contributed by atoms with Crippen LogP contribution in [0.5, 0.6) is 0 Å². The van der Waals surface area contributed by atoms with Gasteiger partial charge in [0.25, 0.3) is 0 Å². The highest BCUT2D eigenvalue weighted by molar-refractivity contribution is 7.11. The lowest BCUT2D eigenvalue weighted by molar-refractivity contribution is 0.411. The lowest BCUT2D eigenvalue weighted by Gasteiger charge is -2.25. The number of pyridine rings is 1. The molecular formula is C20H20ClN5S. The number of aromatic nitrogens is 4. The van der Waals surface area contributed by atoms with Crippen LogP contribution in [0.4, 0.5) is 5.00 Å². The molecule has 1 fully saturated rings. The second-order valence-electron chi connectivity index (χ2n) is 6.92. The molecule has 5 rings (SSSR count). The molecule has 3 aromatic heterocycles. The van der Waals surface area contributed by atoms with Crippen LogP contribution in [-0.4, -0.2) is 19.1 Å². The van der Waals surface area contributed by atoms with Gasteiger partial charge in [-0.05, 0) is 48.6 Å². The van der Waals surface area contributed by atoms with Gasteiger partial charge in [0.2, 0.25) is 0 Å². The van der Waals surface area contributed by atoms with Gasteiger partial charge < -0.3 is 5.73 Å². The minimum absolute atomic E-state index is 0. The Balaban J connectivity index is 0.00000180. The molecule has 1 aromatic carbocycles. The van der Waals surface area contributed by atoms with Gasteiger partial charge >= 0.3 is 0 Å². The molecule has 7 heteroatoms. The summed E-state index contributed by atoms with van der Waals surface area (Å²) in [4.78, 5) is 4.92. The van der Waals surface area contributed by atoms with Gasteiger partial charge in [0.1, 0.15) is 5.00 Å². The number of benzene rings is 1. The van der Waals surface area contributed by atoms with Crippen molar-refractivity contribution in [2.75, 3.05) is 5.73 Å². The summed E-state index contributed by atoms with van der Waals surface area (Å²) in [5.74, 6) is 0.595. The van der Waals surface area contributed by atoms with Crippen molar-refractivity contribution in [1.82, 2.24) is 19.1 Å². The quantitative estimate of drug-likeness (QED) is 0.526. The van der Waals surface area contributed by atoms with Crippen molar-refractivity contribution in [3.63, 3.8) is 0 Å². The number of halogens is 1. The van der Waals surface area contributed by atoms with Gasteiger partial charge in [0, 0.05) is 35.8 Å². The highest BCUT2D eigenvalue weighted by Crippen LogP contribution is 2.40. The standard InChI is InChI=1S/C20H19N5S.ClH/c1-25-11-14-10-13(8-9-16(14)23-25)19-18(20(21)26-24-19)17-7-3-6-15(22-17)12-4-2-5-12;/h3,6-12H,2,4-5,21H2,1H3;1H. The van der Waals surface area contributed by atoms with E-state index in [0.29, 0.717) is 10.9 Å². The number of hydrogen-bond acceptors (Lipinski definition) is 5. The van der Waals surface area contributed by atoms with Gasteiger partial charge in [-0.2, -0.15) is 9.47 Å². The Morgan fingerprint density at radius 2 is 2.04 bits per heavy atom. The lowest BCUT2D eigenvalue weighted by Crippen LogP contribution is -2.10. The zero-order valence-corrected chi connectivity index (χ0v) is 16.6. The Morgan fingerprint density at radius 1 is 1.19 bits per heavy atom. The number of fused-ring (bicyclic) bond motifs is 1. The van der Waals surface area contributed by atoms with E-state index in [1.165, 1.54) is 36.5 Å². The monoisotopic (exact) mass is 397 g/mol. The number of nitrogens with two attached hydrogens (primary N) is 1. The molecule has 1 saturated carbocycles. The Bertz CT molecular complexity index is 1110. The maximum atomic E-state index is 6.30. The van der Waals surface area contributed by atoms with Gasteiger partial charge in [-0.25, -0.2) is 0 Å². The molecule has 0 aliphatic heterocycles. The van der Waals surface area contributed by atoms with Gasteiger partial charge in [0.05, 0.1) is 22.5 Å². The summed E-state index contributed by atoms with van der Waals surface area (Å²) < 4.78 is 6.46. The van der Waals surface area contributed by atoms with Crippen LogP contribution in [0.25, 0.3) is 33.4 Å². The number of hydrogen-bond donors (Lipinski definition) is 1. The predicted molar refractivity (Wildman–Crippen MR) is 113 cm³/mol. The van der Waals surface area contributed by atoms with Crippen LogP contribution in [0.1, 0.15) is 30.9 Å². The normalized spacial score (nSPS) is 14.1. The van der Waals surface area contributed by atoms with Crippen LogP contribution in [0.2, 0.25) is 0 Å². The van der Waals surface area contributed by atoms with Gasteiger partial charge in [-0.3, -0.25) is 9.67 Å². The third-order valence-electron chi connectivity index (χ3n) is 5.16. The van der Waals surface area contributed by atoms with E-state index in [1.807, 2.05) is 30.1 Å². The molecule has 27 heavy (non-hydrogen) atoms. The number of nitrogen functional groups attached to an aromatic ring is 1. The Labute approximate surface area is 167 Å². The summed E-state index contributed by atoms with van der Waals surface area (Å²) in [6.07, 6.45) is 5.79. The molecule has 0 spiro atoms. The SMILES string of the molecule is Cl.Cn1cc2cc(-c3nsc(N)c3-c3cccc(C4CCC4)n3)ccc2n1. The maximum Gasteiger partial charge on any atom is 0.116 e. The fraction of sp³-hybridized carbons (Fsp3) is 0.250. The smallest absolute Gasteiger partial charge is 0.116 e. The molecule has 0 unspecified atom stereocenters. The lowest BCUT2D eigenvalue weighted by atomic mass is 9.82. The first kappa shape index (κ1) is 17.9. The van der Waals surface area contributed by atoms with E-state index < -0.39 is 0 Å². The first-order valence-electron chi connectivity index (χ1n) is 8.85. The van der Waals surface area contributed by atoms with Gasteiger partial charge in [0.15, 0.2) is 0 Å². The summed E-state index contributed by atoms with van der Waals surface area (Å²) in [7, 11) is 1.93. The molecule has 3 heterocycles. The minimum Gasteiger partial charge on any atom is -0.389 e. The Hall–Kier alpha value is -2.44. The molecule has 1 aliphatic carbocycles. The molecule has 0 saturated heterocycles. The van der Waals surface area contributed by atoms with E-state index in [1.54, 1.807) is 0 Å². The predicted octanol–water partition coefficient (Wildman–Crippen LogP) is 5.03. The summed E-state index contributed by atoms with van der Waals surface area (Å²) in [5.41, 5.74) is 12.3. The van der Waals surface area contributed by atoms with E-state index in [-0.39, 0.29) is 12.4 Å². The van der Waals surface area contributed by atoms with Crippen molar-refractivity contribution in [3.8, 4) is 22.5 Å². The third kappa shape index (κ3) is 3.09. The van der Waals surface area contributed by atoms with Crippen molar-refractivity contribution < 1.29 is 0 Å². The minimum atomic E-state index is 0.